The number of carbonyl (C=O) groups excluding carboxylic acids is 1. The molecule has 0 unspecified atom stereocenters. The molecule has 7 nitrogen and oxygen atoms in total. The highest BCUT2D eigenvalue weighted by atomic mass is 16.7. The molecule has 0 fully saturated rings. The van der Waals surface area contributed by atoms with Gasteiger partial charge in [-0.3, -0.25) is 5.43 Å². The third-order valence-electron chi connectivity index (χ3n) is 1.20. The lowest BCUT2D eigenvalue weighted by Crippen LogP contribution is -2.39. The van der Waals surface area contributed by atoms with E-state index in [1.54, 1.807) is 0 Å². The smallest absolute Gasteiger partial charge is 0.446 e. The van der Waals surface area contributed by atoms with Gasteiger partial charge in [-0.05, 0) is 0 Å². The second kappa shape index (κ2) is 3.68. The van der Waals surface area contributed by atoms with E-state index in [-0.39, 0.29) is 11.8 Å². The molecule has 1 aromatic rings. The molecule has 4 N–H and O–H groups in total. The third-order valence-corrected chi connectivity index (χ3v) is 1.20. The van der Waals surface area contributed by atoms with Gasteiger partial charge in [-0.1, -0.05) is 0 Å². The molecule has 1 amide bonds. The number of rotatable bonds is 2. The molecule has 13 heavy (non-hydrogen) atoms. The van der Waals surface area contributed by atoms with E-state index >= 15 is 0 Å². The Bertz CT molecular complexity index is 289. The van der Waals surface area contributed by atoms with Gasteiger partial charge in [0.15, 0.2) is 0 Å². The molecule has 0 aliphatic heterocycles. The Hall–Kier alpha value is -1.89. The first-order valence-corrected chi connectivity index (χ1v) is 3.40. The number of nitrogens with zero attached hydrogens (tertiary/aromatic N) is 1. The fraction of sp³-hybridized carbons (Fsp3) is 0.167. The first-order chi connectivity index (χ1) is 6.15. The molecule has 0 saturated heterocycles. The quantitative estimate of drug-likeness (QED) is 0.453. The molecule has 0 aliphatic rings. The molecule has 0 aromatic carbocycles. The highest BCUT2D eigenvalue weighted by molar-refractivity contribution is 5.67. The number of nitrogens with one attached hydrogen (secondary N) is 2. The van der Waals surface area contributed by atoms with Crippen molar-refractivity contribution in [2.45, 2.75) is 0 Å². The standard InChI is InChI=1S/C6H9N3O4/c1-7-8-6(12)13-9-4(10)2-3-5(9)11/h2-3,7,10-11H,1H3,(H,8,12). The Labute approximate surface area is 73.5 Å². The van der Waals surface area contributed by atoms with Crippen molar-refractivity contribution in [2.75, 3.05) is 7.05 Å². The molecular weight excluding hydrogens is 178 g/mol. The van der Waals surface area contributed by atoms with Gasteiger partial charge in [0.25, 0.3) is 0 Å². The van der Waals surface area contributed by atoms with Crippen molar-refractivity contribution in [1.82, 2.24) is 15.6 Å². The summed E-state index contributed by atoms with van der Waals surface area (Å²) < 4.78 is 0.576. The Morgan fingerprint density at radius 3 is 2.46 bits per heavy atom. The first kappa shape index (κ1) is 9.20. The number of carbonyl (C=O) groups is 1. The van der Waals surface area contributed by atoms with Crippen molar-refractivity contribution in [3.05, 3.63) is 12.1 Å². The number of amides is 1. The minimum Gasteiger partial charge on any atom is -0.492 e. The fourth-order valence-electron chi connectivity index (χ4n) is 0.703. The molecule has 0 spiro atoms. The van der Waals surface area contributed by atoms with Gasteiger partial charge in [0.05, 0.1) is 0 Å². The third kappa shape index (κ3) is 2.03. The van der Waals surface area contributed by atoms with E-state index in [2.05, 4.69) is 15.7 Å². The number of hydrogen-bond acceptors (Lipinski definition) is 5. The monoisotopic (exact) mass is 187 g/mol. The van der Waals surface area contributed by atoms with Gasteiger partial charge < -0.3 is 15.1 Å². The summed E-state index contributed by atoms with van der Waals surface area (Å²) in [5.41, 5.74) is 4.40. The Morgan fingerprint density at radius 2 is 2.00 bits per heavy atom. The largest absolute Gasteiger partial charge is 0.492 e. The summed E-state index contributed by atoms with van der Waals surface area (Å²) in [6, 6.07) is 2.37. The Morgan fingerprint density at radius 1 is 1.46 bits per heavy atom. The maximum Gasteiger partial charge on any atom is 0.446 e. The molecule has 0 atom stereocenters. The maximum absolute atomic E-state index is 10.8. The van der Waals surface area contributed by atoms with E-state index in [4.69, 9.17) is 10.2 Å². The van der Waals surface area contributed by atoms with Gasteiger partial charge in [-0.2, -0.15) is 0 Å². The molecule has 7 heteroatoms. The minimum absolute atomic E-state index is 0.372. The summed E-state index contributed by atoms with van der Waals surface area (Å²) in [6.07, 6.45) is -0.857. The molecule has 0 bridgehead atoms. The average molecular weight is 187 g/mol. The summed E-state index contributed by atoms with van der Waals surface area (Å²) >= 11 is 0. The van der Waals surface area contributed by atoms with Crippen LogP contribution in [0.1, 0.15) is 0 Å². The van der Waals surface area contributed by atoms with Crippen LogP contribution in [0.4, 0.5) is 4.79 Å². The van der Waals surface area contributed by atoms with E-state index in [9.17, 15) is 4.79 Å². The van der Waals surface area contributed by atoms with Gasteiger partial charge in [0, 0.05) is 19.2 Å². The van der Waals surface area contributed by atoms with Crippen LogP contribution >= 0.6 is 0 Å². The first-order valence-electron chi connectivity index (χ1n) is 3.40. The zero-order valence-electron chi connectivity index (χ0n) is 6.81. The number of hydrazine groups is 1. The van der Waals surface area contributed by atoms with Crippen LogP contribution in [0.25, 0.3) is 0 Å². The van der Waals surface area contributed by atoms with Crippen LogP contribution in [0.5, 0.6) is 11.8 Å². The van der Waals surface area contributed by atoms with Gasteiger partial charge in [0.1, 0.15) is 0 Å². The van der Waals surface area contributed by atoms with Crippen LogP contribution in [0, 0.1) is 0 Å². The average Bonchev–Trinajstić information content (AvgIpc) is 2.36. The molecule has 0 aliphatic carbocycles. The van der Waals surface area contributed by atoms with Crippen molar-refractivity contribution >= 4 is 6.09 Å². The van der Waals surface area contributed by atoms with Crippen molar-refractivity contribution in [2.24, 2.45) is 0 Å². The van der Waals surface area contributed by atoms with Gasteiger partial charge in [-0.25, -0.2) is 10.2 Å². The Balaban J connectivity index is 2.68. The lowest BCUT2D eigenvalue weighted by atomic mass is 10.6. The predicted octanol–water partition coefficient (Wildman–Crippen LogP) is -0.828. The van der Waals surface area contributed by atoms with E-state index in [0.717, 1.165) is 0 Å². The molecule has 1 rings (SSSR count). The van der Waals surface area contributed by atoms with E-state index in [1.165, 1.54) is 19.2 Å². The molecule has 1 aromatic heterocycles. The zero-order valence-corrected chi connectivity index (χ0v) is 6.81. The Kier molecular flexibility index (Phi) is 2.60. The molecule has 0 saturated carbocycles. The molecule has 1 heterocycles. The van der Waals surface area contributed by atoms with Crippen LogP contribution in [-0.4, -0.2) is 28.1 Å². The van der Waals surface area contributed by atoms with Crippen molar-refractivity contribution in [3.63, 3.8) is 0 Å². The van der Waals surface area contributed by atoms with E-state index < -0.39 is 6.09 Å². The summed E-state index contributed by atoms with van der Waals surface area (Å²) in [6.45, 7) is 0. The molecule has 0 radical (unpaired) electrons. The zero-order chi connectivity index (χ0) is 9.84. The van der Waals surface area contributed by atoms with Gasteiger partial charge in [0.2, 0.25) is 11.8 Å². The summed E-state index contributed by atoms with van der Waals surface area (Å²) in [7, 11) is 1.47. The molecule has 72 valence electrons. The topological polar surface area (TPSA) is 95.8 Å². The molecular formula is C6H9N3O4. The maximum atomic E-state index is 10.8. The summed E-state index contributed by atoms with van der Waals surface area (Å²) in [4.78, 5) is 15.2. The van der Waals surface area contributed by atoms with Crippen LogP contribution in [-0.2, 0) is 0 Å². The lowest BCUT2D eigenvalue weighted by Gasteiger charge is -2.06. The van der Waals surface area contributed by atoms with Crippen LogP contribution in [0.2, 0.25) is 0 Å². The van der Waals surface area contributed by atoms with Crippen LogP contribution < -0.4 is 15.7 Å². The van der Waals surface area contributed by atoms with Crippen LogP contribution in [0.15, 0.2) is 12.1 Å². The van der Waals surface area contributed by atoms with Crippen LogP contribution in [0.3, 0.4) is 0 Å². The number of aromatic hydroxyl groups is 2. The van der Waals surface area contributed by atoms with E-state index in [1.807, 2.05) is 0 Å². The fourth-order valence-corrected chi connectivity index (χ4v) is 0.703. The second-order valence-corrected chi connectivity index (χ2v) is 2.10. The number of aromatic nitrogens is 1. The minimum atomic E-state index is -0.857. The summed E-state index contributed by atoms with van der Waals surface area (Å²) in [5, 5.41) is 18.1. The van der Waals surface area contributed by atoms with E-state index in [0.29, 0.717) is 4.73 Å². The van der Waals surface area contributed by atoms with Crippen molar-refractivity contribution in [1.29, 1.82) is 0 Å². The summed E-state index contributed by atoms with van der Waals surface area (Å²) in [5.74, 6) is -0.743. The van der Waals surface area contributed by atoms with Gasteiger partial charge in [-0.15, -0.1) is 4.73 Å². The van der Waals surface area contributed by atoms with Crippen molar-refractivity contribution in [3.8, 4) is 11.8 Å². The van der Waals surface area contributed by atoms with Crippen molar-refractivity contribution < 1.29 is 19.8 Å². The normalized spacial score (nSPS) is 9.62. The predicted molar refractivity (Wildman–Crippen MR) is 41.9 cm³/mol. The lowest BCUT2D eigenvalue weighted by molar-refractivity contribution is 0.105. The highest BCUT2D eigenvalue weighted by Crippen LogP contribution is 2.18. The number of hydrogen-bond donors (Lipinski definition) is 4. The highest BCUT2D eigenvalue weighted by Gasteiger charge is 2.10. The van der Waals surface area contributed by atoms with Gasteiger partial charge >= 0.3 is 6.09 Å². The second-order valence-electron chi connectivity index (χ2n) is 2.10. The SMILES string of the molecule is CNNC(=O)On1c(O)ccc1O.